The van der Waals surface area contributed by atoms with E-state index in [1.807, 2.05) is 30.3 Å². The average Bonchev–Trinajstić information content (AvgIpc) is 2.38. The number of benzene rings is 1. The molecule has 1 aromatic heterocycles. The molecule has 2 rings (SSSR count). The molecule has 0 saturated carbocycles. The fraction of sp³-hybridized carbons (Fsp3) is 0.0769. The van der Waals surface area contributed by atoms with Gasteiger partial charge >= 0.3 is 0 Å². The second-order valence-corrected chi connectivity index (χ2v) is 3.40. The molecular formula is C13H10O4. The molecule has 0 aliphatic rings. The van der Waals surface area contributed by atoms with Gasteiger partial charge < -0.3 is 9.15 Å². The Balaban J connectivity index is 2.10. The SMILES string of the molecule is O=Cc1cc(=O)c(OCc2ccccc2)co1. The largest absolute Gasteiger partial charge is 0.482 e. The van der Waals surface area contributed by atoms with Crippen LogP contribution in [0.3, 0.4) is 0 Å². The van der Waals surface area contributed by atoms with Crippen molar-refractivity contribution >= 4 is 6.29 Å². The molecule has 0 radical (unpaired) electrons. The first kappa shape index (κ1) is 11.1. The number of rotatable bonds is 4. The molecule has 0 bridgehead atoms. The predicted octanol–water partition coefficient (Wildman–Crippen LogP) is 2.03. The smallest absolute Gasteiger partial charge is 0.227 e. The van der Waals surface area contributed by atoms with Gasteiger partial charge in [-0.05, 0) is 5.56 Å². The Kier molecular flexibility index (Phi) is 3.35. The molecule has 0 aliphatic heterocycles. The van der Waals surface area contributed by atoms with Crippen LogP contribution >= 0.6 is 0 Å². The molecule has 0 N–H and O–H groups in total. The van der Waals surface area contributed by atoms with Gasteiger partial charge in [0.15, 0.2) is 12.0 Å². The van der Waals surface area contributed by atoms with E-state index in [9.17, 15) is 9.59 Å². The van der Waals surface area contributed by atoms with Gasteiger partial charge in [-0.2, -0.15) is 0 Å². The normalized spacial score (nSPS) is 9.88. The number of hydrogen-bond donors (Lipinski definition) is 0. The van der Waals surface area contributed by atoms with Gasteiger partial charge in [0, 0.05) is 6.07 Å². The Labute approximate surface area is 97.5 Å². The number of carbonyl (C=O) groups excluding carboxylic acids is 1. The van der Waals surface area contributed by atoms with E-state index in [4.69, 9.17) is 9.15 Å². The van der Waals surface area contributed by atoms with E-state index in [1.54, 1.807) is 0 Å². The van der Waals surface area contributed by atoms with Gasteiger partial charge in [0.05, 0.1) is 0 Å². The second-order valence-electron chi connectivity index (χ2n) is 3.40. The monoisotopic (exact) mass is 230 g/mol. The fourth-order valence-corrected chi connectivity index (χ4v) is 1.32. The minimum absolute atomic E-state index is 0.0120. The summed E-state index contributed by atoms with van der Waals surface area (Å²) in [4.78, 5) is 21.9. The van der Waals surface area contributed by atoms with Crippen molar-refractivity contribution in [1.29, 1.82) is 0 Å². The van der Waals surface area contributed by atoms with E-state index < -0.39 is 0 Å². The maximum Gasteiger partial charge on any atom is 0.227 e. The topological polar surface area (TPSA) is 56.5 Å². The molecule has 0 spiro atoms. The van der Waals surface area contributed by atoms with Crippen LogP contribution in [0.4, 0.5) is 0 Å². The summed E-state index contributed by atoms with van der Waals surface area (Å²) in [6.45, 7) is 0.284. The summed E-state index contributed by atoms with van der Waals surface area (Å²) in [6, 6.07) is 10.6. The van der Waals surface area contributed by atoms with Gasteiger partial charge in [-0.25, -0.2) is 0 Å². The van der Waals surface area contributed by atoms with Crippen molar-refractivity contribution < 1.29 is 13.9 Å². The summed E-state index contributed by atoms with van der Waals surface area (Å²) in [6.07, 6.45) is 1.62. The Morgan fingerprint density at radius 1 is 1.24 bits per heavy atom. The highest BCUT2D eigenvalue weighted by molar-refractivity contribution is 5.70. The molecular weight excluding hydrogens is 220 g/mol. The zero-order valence-corrected chi connectivity index (χ0v) is 8.96. The predicted molar refractivity (Wildman–Crippen MR) is 61.1 cm³/mol. The van der Waals surface area contributed by atoms with Gasteiger partial charge in [-0.1, -0.05) is 30.3 Å². The summed E-state index contributed by atoms with van der Waals surface area (Å²) in [7, 11) is 0. The summed E-state index contributed by atoms with van der Waals surface area (Å²) >= 11 is 0. The van der Waals surface area contributed by atoms with Crippen molar-refractivity contribution in [1.82, 2.24) is 0 Å². The Morgan fingerprint density at radius 3 is 2.65 bits per heavy atom. The molecule has 1 aromatic carbocycles. The third-order valence-corrected chi connectivity index (χ3v) is 2.17. The van der Waals surface area contributed by atoms with Gasteiger partial charge in [0.1, 0.15) is 12.9 Å². The quantitative estimate of drug-likeness (QED) is 0.754. The van der Waals surface area contributed by atoms with Crippen molar-refractivity contribution in [2.75, 3.05) is 0 Å². The number of aldehydes is 1. The van der Waals surface area contributed by atoms with Crippen LogP contribution in [0.2, 0.25) is 0 Å². The highest BCUT2D eigenvalue weighted by Gasteiger charge is 2.04. The molecule has 4 heteroatoms. The second kappa shape index (κ2) is 5.12. The van der Waals surface area contributed by atoms with Crippen LogP contribution in [0.25, 0.3) is 0 Å². The Morgan fingerprint density at radius 2 is 2.00 bits per heavy atom. The summed E-state index contributed by atoms with van der Waals surface area (Å²) in [5, 5.41) is 0. The van der Waals surface area contributed by atoms with E-state index in [0.717, 1.165) is 17.9 Å². The van der Waals surface area contributed by atoms with Gasteiger partial charge in [0.25, 0.3) is 0 Å². The maximum atomic E-state index is 11.5. The molecule has 0 atom stereocenters. The lowest BCUT2D eigenvalue weighted by Gasteiger charge is -2.04. The Bertz CT molecular complexity index is 557. The third kappa shape index (κ3) is 2.81. The van der Waals surface area contributed by atoms with Crippen LogP contribution in [0, 0.1) is 0 Å². The van der Waals surface area contributed by atoms with Crippen molar-refractivity contribution in [3.63, 3.8) is 0 Å². The lowest BCUT2D eigenvalue weighted by molar-refractivity contribution is 0.109. The summed E-state index contributed by atoms with van der Waals surface area (Å²) in [5.41, 5.74) is 0.584. The first-order valence-corrected chi connectivity index (χ1v) is 5.04. The van der Waals surface area contributed by atoms with Crippen molar-refractivity contribution in [2.24, 2.45) is 0 Å². The summed E-state index contributed by atoms with van der Waals surface area (Å²) < 4.78 is 10.2. The molecule has 0 aliphatic carbocycles. The van der Waals surface area contributed by atoms with Gasteiger partial charge in [-0.3, -0.25) is 9.59 Å². The lowest BCUT2D eigenvalue weighted by atomic mass is 10.2. The van der Waals surface area contributed by atoms with E-state index >= 15 is 0 Å². The zero-order valence-electron chi connectivity index (χ0n) is 8.96. The first-order valence-electron chi connectivity index (χ1n) is 5.04. The van der Waals surface area contributed by atoms with E-state index in [2.05, 4.69) is 0 Å². The summed E-state index contributed by atoms with van der Waals surface area (Å²) in [5.74, 6) is 0.0847. The molecule has 2 aromatic rings. The van der Waals surface area contributed by atoms with E-state index in [0.29, 0.717) is 6.29 Å². The standard InChI is InChI=1S/C13H10O4/c14-7-11-6-12(15)13(9-16-11)17-8-10-4-2-1-3-5-10/h1-7,9H,8H2. The highest BCUT2D eigenvalue weighted by atomic mass is 16.5. The lowest BCUT2D eigenvalue weighted by Crippen LogP contribution is -2.07. The van der Waals surface area contributed by atoms with E-state index in [1.165, 1.54) is 0 Å². The minimum atomic E-state index is -0.366. The van der Waals surface area contributed by atoms with E-state index in [-0.39, 0.29) is 23.5 Å². The van der Waals surface area contributed by atoms with Crippen LogP contribution in [0.5, 0.6) is 5.75 Å². The minimum Gasteiger partial charge on any atom is -0.482 e. The molecule has 86 valence electrons. The molecule has 0 amide bonds. The number of hydrogen-bond acceptors (Lipinski definition) is 4. The van der Waals surface area contributed by atoms with Crippen LogP contribution in [-0.4, -0.2) is 6.29 Å². The molecule has 17 heavy (non-hydrogen) atoms. The van der Waals surface area contributed by atoms with Crippen LogP contribution in [-0.2, 0) is 6.61 Å². The molecule has 0 fully saturated rings. The third-order valence-electron chi connectivity index (χ3n) is 2.17. The molecule has 0 unspecified atom stereocenters. The van der Waals surface area contributed by atoms with Gasteiger partial charge in [0.2, 0.25) is 11.2 Å². The van der Waals surface area contributed by atoms with Crippen molar-refractivity contribution in [2.45, 2.75) is 6.61 Å². The van der Waals surface area contributed by atoms with Crippen molar-refractivity contribution in [3.8, 4) is 5.75 Å². The molecule has 0 saturated heterocycles. The van der Waals surface area contributed by atoms with Crippen molar-refractivity contribution in [3.05, 3.63) is 64.2 Å². The molecule has 4 nitrogen and oxygen atoms in total. The van der Waals surface area contributed by atoms with Crippen LogP contribution in [0.1, 0.15) is 16.1 Å². The average molecular weight is 230 g/mol. The highest BCUT2D eigenvalue weighted by Crippen LogP contribution is 2.08. The van der Waals surface area contributed by atoms with Gasteiger partial charge in [-0.15, -0.1) is 0 Å². The number of ether oxygens (including phenoxy) is 1. The Hall–Kier alpha value is -2.36. The molecule has 1 heterocycles. The first-order chi connectivity index (χ1) is 8.29. The van der Waals surface area contributed by atoms with Crippen LogP contribution in [0.15, 0.2) is 51.9 Å². The number of carbonyl (C=O) groups is 1. The maximum absolute atomic E-state index is 11.5. The zero-order chi connectivity index (χ0) is 12.1. The van der Waals surface area contributed by atoms with Crippen LogP contribution < -0.4 is 10.2 Å². The fourth-order valence-electron chi connectivity index (χ4n) is 1.32.